The van der Waals surface area contributed by atoms with Crippen molar-refractivity contribution in [1.29, 1.82) is 0 Å². The van der Waals surface area contributed by atoms with E-state index in [1.54, 1.807) is 38.3 Å². The molecule has 306 valence electrons. The molecule has 2 bridgehead atoms. The molecule has 2 amide bonds. The lowest BCUT2D eigenvalue weighted by Gasteiger charge is -2.71. The number of hydrogen-bond donors (Lipinski definition) is 4. The molecule has 9 rings (SSSR count). The number of aliphatic hydroxyl groups is 1. The van der Waals surface area contributed by atoms with Crippen molar-refractivity contribution in [2.24, 2.45) is 17.3 Å². The van der Waals surface area contributed by atoms with Crippen LogP contribution in [-0.2, 0) is 57.7 Å². The fourth-order valence-corrected chi connectivity index (χ4v) is 9.90. The number of aromatic nitrogens is 2. The van der Waals surface area contributed by atoms with E-state index in [1.807, 2.05) is 12.1 Å². The number of ether oxygens (including phenoxy) is 3. The maximum atomic E-state index is 14.0. The molecule has 4 N–H and O–H groups in total. The van der Waals surface area contributed by atoms with Crippen molar-refractivity contribution >= 4 is 46.2 Å². The number of amides is 2. The molecule has 0 unspecified atom stereocenters. The summed E-state index contributed by atoms with van der Waals surface area (Å²) in [7, 11) is 0. The van der Waals surface area contributed by atoms with E-state index >= 15 is 0 Å². The van der Waals surface area contributed by atoms with Gasteiger partial charge in [-0.05, 0) is 67.1 Å². The van der Waals surface area contributed by atoms with Crippen molar-refractivity contribution < 1.29 is 53.2 Å². The first-order valence-corrected chi connectivity index (χ1v) is 19.8. The number of carboxylic acid groups (broad SMARTS) is 1. The van der Waals surface area contributed by atoms with Gasteiger partial charge in [0, 0.05) is 47.8 Å². The summed E-state index contributed by atoms with van der Waals surface area (Å²) < 4.78 is 18.3. The molecule has 5 heterocycles. The lowest BCUT2D eigenvalue weighted by Crippen LogP contribution is -2.66. The highest BCUT2D eigenvalue weighted by Gasteiger charge is 2.69. The number of pyridine rings is 2. The Bertz CT molecular complexity index is 2380. The van der Waals surface area contributed by atoms with Crippen LogP contribution in [-0.4, -0.2) is 74.5 Å². The number of nitrogens with one attached hydrogen (secondary N) is 2. The maximum absolute atomic E-state index is 14.0. The number of fused-ring (bicyclic) bond motifs is 6. The summed E-state index contributed by atoms with van der Waals surface area (Å²) in [5.41, 5.74) is 1.20. The van der Waals surface area contributed by atoms with Crippen LogP contribution in [0, 0.1) is 17.3 Å². The Hall–Kier alpha value is -5.64. The molecule has 3 aliphatic carbocycles. The number of Topliss-reactive ketones (excluding diaryl/α,β-unsaturated/α-hetero) is 2. The zero-order valence-corrected chi connectivity index (χ0v) is 32.8. The van der Waals surface area contributed by atoms with Crippen LogP contribution in [0.3, 0.4) is 0 Å². The van der Waals surface area contributed by atoms with E-state index in [0.717, 1.165) is 16.5 Å². The van der Waals surface area contributed by atoms with Gasteiger partial charge in [-0.1, -0.05) is 20.8 Å². The van der Waals surface area contributed by atoms with Crippen molar-refractivity contribution in [2.45, 2.75) is 109 Å². The van der Waals surface area contributed by atoms with Gasteiger partial charge in [0.2, 0.25) is 18.6 Å². The molecule has 0 saturated heterocycles. The smallest absolute Gasteiger partial charge is 0.343 e. The number of carbonyl (C=O) groups is 6. The predicted molar refractivity (Wildman–Crippen MR) is 204 cm³/mol. The van der Waals surface area contributed by atoms with Crippen LogP contribution in [0.4, 0.5) is 0 Å². The summed E-state index contributed by atoms with van der Waals surface area (Å²) in [6.07, 6.45) is 1.62. The summed E-state index contributed by atoms with van der Waals surface area (Å²) in [5.74, 6) is -3.25. The number of carboxylic acids is 1. The molecule has 0 radical (unpaired) electrons. The van der Waals surface area contributed by atoms with E-state index in [1.165, 1.54) is 0 Å². The van der Waals surface area contributed by atoms with Crippen LogP contribution in [0.25, 0.3) is 22.3 Å². The Labute approximate surface area is 332 Å². The monoisotopic (exact) mass is 798 g/mol. The average molecular weight is 799 g/mol. The van der Waals surface area contributed by atoms with Gasteiger partial charge in [0.15, 0.2) is 28.7 Å². The van der Waals surface area contributed by atoms with Crippen LogP contribution in [0.5, 0.6) is 11.5 Å². The first-order valence-electron chi connectivity index (χ1n) is 19.8. The zero-order chi connectivity index (χ0) is 41.5. The van der Waals surface area contributed by atoms with Crippen molar-refractivity contribution in [3.05, 3.63) is 50.8 Å². The molecule has 2 aromatic heterocycles. The molecule has 3 fully saturated rings. The predicted octanol–water partition coefficient (Wildman–Crippen LogP) is 2.91. The second-order valence-corrected chi connectivity index (χ2v) is 17.1. The molecule has 58 heavy (non-hydrogen) atoms. The Morgan fingerprint density at radius 3 is 2.34 bits per heavy atom. The third-order valence-corrected chi connectivity index (χ3v) is 12.9. The topological polar surface area (TPSA) is 230 Å². The van der Waals surface area contributed by atoms with Crippen molar-refractivity contribution in [3.8, 4) is 22.9 Å². The van der Waals surface area contributed by atoms with Crippen molar-refractivity contribution in [3.63, 3.8) is 0 Å². The largest absolute Gasteiger partial charge is 0.481 e. The summed E-state index contributed by atoms with van der Waals surface area (Å²) >= 11 is 0. The molecule has 1 aromatic carbocycles. The highest BCUT2D eigenvalue weighted by Crippen LogP contribution is 2.76. The van der Waals surface area contributed by atoms with Gasteiger partial charge >= 0.3 is 11.9 Å². The molecule has 3 saturated carbocycles. The van der Waals surface area contributed by atoms with Crippen LogP contribution in [0.2, 0.25) is 0 Å². The number of rotatable bonds is 15. The molecule has 3 aromatic rings. The lowest BCUT2D eigenvalue weighted by atomic mass is 9.32. The molecular weight excluding hydrogens is 752 g/mol. The number of hydrogen-bond acceptors (Lipinski definition) is 12. The first-order chi connectivity index (χ1) is 27.5. The molecule has 0 spiro atoms. The molecule has 16 nitrogen and oxygen atoms in total. The number of nitrogens with zero attached hydrogens (tertiary/aromatic N) is 2. The quantitative estimate of drug-likeness (QED) is 0.127. The van der Waals surface area contributed by atoms with Gasteiger partial charge < -0.3 is 39.6 Å². The van der Waals surface area contributed by atoms with Gasteiger partial charge in [-0.15, -0.1) is 0 Å². The third kappa shape index (κ3) is 6.32. The normalized spacial score (nSPS) is 24.1. The summed E-state index contributed by atoms with van der Waals surface area (Å²) in [6.45, 7) is 6.65. The Kier molecular flexibility index (Phi) is 9.48. The molecule has 3 atom stereocenters. The van der Waals surface area contributed by atoms with E-state index in [4.69, 9.17) is 24.3 Å². The second-order valence-electron chi connectivity index (χ2n) is 17.1. The first kappa shape index (κ1) is 39.2. The number of ketones is 2. The number of carbonyl (C=O) groups excluding carboxylic acids is 5. The van der Waals surface area contributed by atoms with E-state index in [-0.39, 0.29) is 104 Å². The minimum atomic E-state index is -1.96. The minimum absolute atomic E-state index is 0.0261. The average Bonchev–Trinajstić information content (AvgIpc) is 3.77. The Morgan fingerprint density at radius 1 is 0.966 bits per heavy atom. The van der Waals surface area contributed by atoms with E-state index in [2.05, 4.69) is 10.6 Å². The zero-order valence-electron chi connectivity index (χ0n) is 32.8. The van der Waals surface area contributed by atoms with Gasteiger partial charge in [-0.3, -0.25) is 28.8 Å². The highest BCUT2D eigenvalue weighted by molar-refractivity contribution is 5.95. The van der Waals surface area contributed by atoms with E-state index in [9.17, 15) is 38.7 Å². The van der Waals surface area contributed by atoms with E-state index < -0.39 is 41.3 Å². The molecule has 16 heteroatoms. The van der Waals surface area contributed by atoms with Gasteiger partial charge in [-0.2, -0.15) is 0 Å². The van der Waals surface area contributed by atoms with E-state index in [0.29, 0.717) is 47.7 Å². The second kappa shape index (κ2) is 14.0. The van der Waals surface area contributed by atoms with Gasteiger partial charge in [0.25, 0.3) is 5.56 Å². The van der Waals surface area contributed by atoms with Gasteiger partial charge in [-0.25, -0.2) is 9.78 Å². The van der Waals surface area contributed by atoms with Crippen molar-refractivity contribution in [2.75, 3.05) is 13.3 Å². The number of aliphatic carboxylic acids is 1. The molecule has 6 aliphatic rings. The fourth-order valence-electron chi connectivity index (χ4n) is 9.90. The Morgan fingerprint density at radius 2 is 1.67 bits per heavy atom. The SMILES string of the molecule is CC[C@@]1(O)C(=O)OCc2c1cc1n(c2=O)Cc2c-1nc1cc3c(cc1c2C12CC(CC(=O)[C@H](C)NC(=O)[C@@H](CC(=O)CNC(=O)CCC(=O)O)C(C)C)(C1)C2)OCO3. The Balaban J connectivity index is 0.998. The summed E-state index contributed by atoms with van der Waals surface area (Å²) in [6, 6.07) is 4.65. The number of cyclic esters (lactones) is 1. The van der Waals surface area contributed by atoms with Crippen LogP contribution in [0.1, 0.15) is 101 Å². The molecular formula is C42H46N4O12. The standard InChI is InChI=1S/C42H46N4O12/c1-5-42(55)27-10-29-36-25(14-46(29)38(53)26(27)15-56-39(42)54)35(24-9-31-32(58-19-57-31)11-28(24)45-36)41-16-40(17-41,18-41)12-30(48)21(4)44-37(52)23(20(2)3)8-22(47)13-43-33(49)6-7-34(50)51/h9-11,20-21,23,55H,5-8,12-19H2,1-4H3,(H,43,49)(H,44,52)(H,50,51)/t21-,23-,40?,41?,42-/m0/s1. The lowest BCUT2D eigenvalue weighted by molar-refractivity contribution is -0.172. The summed E-state index contributed by atoms with van der Waals surface area (Å²) in [4.78, 5) is 94.1. The maximum Gasteiger partial charge on any atom is 0.343 e. The van der Waals surface area contributed by atoms with Crippen LogP contribution >= 0.6 is 0 Å². The van der Waals surface area contributed by atoms with Crippen LogP contribution < -0.4 is 25.7 Å². The minimum Gasteiger partial charge on any atom is -0.481 e. The number of benzene rings is 1. The number of esters is 1. The molecule has 3 aliphatic heterocycles. The fraction of sp³-hybridized carbons (Fsp3) is 0.524. The van der Waals surface area contributed by atoms with Gasteiger partial charge in [0.1, 0.15) is 6.61 Å². The highest BCUT2D eigenvalue weighted by atomic mass is 16.7. The summed E-state index contributed by atoms with van der Waals surface area (Å²) in [5, 5.41) is 26.2. The van der Waals surface area contributed by atoms with Crippen molar-refractivity contribution in [1.82, 2.24) is 20.2 Å². The van der Waals surface area contributed by atoms with Gasteiger partial charge in [0.05, 0.1) is 48.0 Å². The third-order valence-electron chi connectivity index (χ3n) is 12.9. The van der Waals surface area contributed by atoms with Crippen LogP contribution in [0.15, 0.2) is 23.0 Å².